The third-order valence-corrected chi connectivity index (χ3v) is 2.98. The van der Waals surface area contributed by atoms with Crippen LogP contribution in [0.4, 0.5) is 0 Å². The zero-order valence-corrected chi connectivity index (χ0v) is 12.8. The van der Waals surface area contributed by atoms with Gasteiger partial charge in [-0.3, -0.25) is 0 Å². The molecule has 2 N–H and O–H groups in total. The van der Waals surface area contributed by atoms with Gasteiger partial charge < -0.3 is 15.0 Å². The van der Waals surface area contributed by atoms with E-state index >= 15 is 0 Å². The lowest BCUT2D eigenvalue weighted by Gasteiger charge is -2.21. The molecule has 6 heteroatoms. The molecule has 0 aliphatic carbocycles. The molecule has 21 heavy (non-hydrogen) atoms. The van der Waals surface area contributed by atoms with Crippen molar-refractivity contribution in [2.75, 3.05) is 0 Å². The van der Waals surface area contributed by atoms with E-state index in [1.54, 1.807) is 32.9 Å². The van der Waals surface area contributed by atoms with Gasteiger partial charge in [-0.2, -0.15) is 0 Å². The highest BCUT2D eigenvalue weighted by molar-refractivity contribution is 6.33. The highest BCUT2D eigenvalue weighted by Gasteiger charge is 2.27. The Morgan fingerprint density at radius 3 is 2.67 bits per heavy atom. The van der Waals surface area contributed by atoms with Crippen LogP contribution in [0.15, 0.2) is 34.9 Å². The number of esters is 1. The molecule has 1 heterocycles. The Morgan fingerprint density at radius 1 is 1.38 bits per heavy atom. The third-order valence-electron chi connectivity index (χ3n) is 2.65. The highest BCUT2D eigenvalue weighted by Crippen LogP contribution is 2.28. The summed E-state index contributed by atoms with van der Waals surface area (Å²) in [4.78, 5) is 11.9. The van der Waals surface area contributed by atoms with E-state index in [4.69, 9.17) is 26.6 Å². The molecule has 0 bridgehead atoms. The van der Waals surface area contributed by atoms with Crippen LogP contribution in [0.3, 0.4) is 0 Å². The molecule has 1 aromatic carbocycles. The van der Waals surface area contributed by atoms with Gasteiger partial charge in [0.15, 0.2) is 11.8 Å². The van der Waals surface area contributed by atoms with Crippen LogP contribution >= 0.6 is 11.6 Å². The first-order valence-corrected chi connectivity index (χ1v) is 6.86. The Kier molecular flexibility index (Phi) is 4.34. The first-order chi connectivity index (χ1) is 9.78. The Hall–Kier alpha value is -1.85. The number of aromatic nitrogens is 1. The average molecular weight is 309 g/mol. The number of benzene rings is 1. The lowest BCUT2D eigenvalue weighted by Crippen LogP contribution is -2.31. The molecule has 5 nitrogen and oxygen atoms in total. The van der Waals surface area contributed by atoms with Gasteiger partial charge in [0.1, 0.15) is 11.3 Å². The lowest BCUT2D eigenvalue weighted by molar-refractivity contribution is -0.157. The Morgan fingerprint density at radius 2 is 2.05 bits per heavy atom. The van der Waals surface area contributed by atoms with Crippen molar-refractivity contribution in [3.8, 4) is 11.3 Å². The summed E-state index contributed by atoms with van der Waals surface area (Å²) in [5.41, 5.74) is 6.46. The van der Waals surface area contributed by atoms with Crippen LogP contribution in [0.1, 0.15) is 32.6 Å². The maximum Gasteiger partial charge on any atom is 0.331 e. The first kappa shape index (κ1) is 15.5. The highest BCUT2D eigenvalue weighted by atomic mass is 35.5. The predicted molar refractivity (Wildman–Crippen MR) is 79.7 cm³/mol. The number of rotatable bonds is 3. The summed E-state index contributed by atoms with van der Waals surface area (Å²) in [5.74, 6) is -0.330. The number of ether oxygens (including phenoxy) is 1. The number of nitrogens with two attached hydrogens (primary N) is 1. The van der Waals surface area contributed by atoms with E-state index in [9.17, 15) is 4.79 Å². The van der Waals surface area contributed by atoms with E-state index < -0.39 is 17.6 Å². The summed E-state index contributed by atoms with van der Waals surface area (Å²) < 4.78 is 10.4. The monoisotopic (exact) mass is 308 g/mol. The minimum atomic E-state index is -1.02. The molecule has 0 fully saturated rings. The number of hydrogen-bond acceptors (Lipinski definition) is 5. The van der Waals surface area contributed by atoms with Crippen molar-refractivity contribution in [2.24, 2.45) is 5.73 Å². The van der Waals surface area contributed by atoms with Crippen molar-refractivity contribution < 1.29 is 14.1 Å². The average Bonchev–Trinajstić information content (AvgIpc) is 2.85. The largest absolute Gasteiger partial charge is 0.458 e. The molecule has 1 atom stereocenters. The molecular formula is C15H17ClN2O3. The number of carbonyl (C=O) groups is 1. The van der Waals surface area contributed by atoms with Crippen LogP contribution in [0, 0.1) is 0 Å². The Balaban J connectivity index is 2.20. The molecule has 0 amide bonds. The fraction of sp³-hybridized carbons (Fsp3) is 0.333. The van der Waals surface area contributed by atoms with Gasteiger partial charge in [-0.1, -0.05) is 35.0 Å². The van der Waals surface area contributed by atoms with Crippen LogP contribution in [0.5, 0.6) is 0 Å². The molecule has 0 spiro atoms. The fourth-order valence-electron chi connectivity index (χ4n) is 1.71. The van der Waals surface area contributed by atoms with E-state index in [2.05, 4.69) is 5.16 Å². The molecule has 1 unspecified atom stereocenters. The van der Waals surface area contributed by atoms with Crippen molar-refractivity contribution >= 4 is 17.6 Å². The molecule has 0 aliphatic heterocycles. The zero-order valence-electron chi connectivity index (χ0n) is 12.1. The summed E-state index contributed by atoms with van der Waals surface area (Å²) in [5, 5.41) is 4.44. The molecule has 0 saturated heterocycles. The number of nitrogens with zero attached hydrogens (tertiary/aromatic N) is 1. The topological polar surface area (TPSA) is 78.4 Å². The molecule has 2 aromatic rings. The van der Waals surface area contributed by atoms with E-state index in [0.717, 1.165) is 0 Å². The molecule has 0 saturated carbocycles. The van der Waals surface area contributed by atoms with Crippen LogP contribution in [-0.2, 0) is 9.53 Å². The fourth-order valence-corrected chi connectivity index (χ4v) is 1.95. The lowest BCUT2D eigenvalue weighted by atomic mass is 10.1. The predicted octanol–water partition coefficient (Wildman–Crippen LogP) is 3.34. The van der Waals surface area contributed by atoms with Gasteiger partial charge in [0.2, 0.25) is 0 Å². The first-order valence-electron chi connectivity index (χ1n) is 6.48. The minimum Gasteiger partial charge on any atom is -0.458 e. The molecule has 112 valence electrons. The van der Waals surface area contributed by atoms with Gasteiger partial charge in [-0.05, 0) is 26.8 Å². The minimum absolute atomic E-state index is 0.235. The molecule has 1 aromatic heterocycles. The van der Waals surface area contributed by atoms with Crippen molar-refractivity contribution in [2.45, 2.75) is 32.4 Å². The van der Waals surface area contributed by atoms with Crippen molar-refractivity contribution in [3.63, 3.8) is 0 Å². The van der Waals surface area contributed by atoms with Crippen LogP contribution in [0.2, 0.25) is 5.02 Å². The van der Waals surface area contributed by atoms with E-state index in [-0.39, 0.29) is 5.76 Å². The SMILES string of the molecule is CC(C)(C)OC(=O)C(N)c1cc(-c2ccccc2Cl)no1. The normalized spacial score (nSPS) is 13.0. The van der Waals surface area contributed by atoms with Crippen LogP contribution in [0.25, 0.3) is 11.3 Å². The summed E-state index contributed by atoms with van der Waals surface area (Å²) in [6.45, 7) is 5.31. The summed E-state index contributed by atoms with van der Waals surface area (Å²) in [7, 11) is 0. The Labute approximate surface area is 128 Å². The quantitative estimate of drug-likeness (QED) is 0.880. The maximum atomic E-state index is 11.9. The summed E-state index contributed by atoms with van der Waals surface area (Å²) in [6.07, 6.45) is 0. The van der Waals surface area contributed by atoms with Gasteiger partial charge in [0, 0.05) is 11.6 Å². The van der Waals surface area contributed by atoms with Gasteiger partial charge in [0.05, 0.1) is 5.02 Å². The standard InChI is InChI=1S/C15H17ClN2O3/c1-15(2,3)20-14(19)13(17)12-8-11(18-21-12)9-6-4-5-7-10(9)16/h4-8,13H,17H2,1-3H3. The van der Waals surface area contributed by atoms with Crippen molar-refractivity contribution in [1.29, 1.82) is 0 Å². The molecule has 0 aliphatic rings. The second kappa shape index (κ2) is 5.87. The number of hydrogen-bond donors (Lipinski definition) is 1. The molecular weight excluding hydrogens is 292 g/mol. The Bertz CT molecular complexity index is 646. The zero-order chi connectivity index (χ0) is 15.6. The summed E-state index contributed by atoms with van der Waals surface area (Å²) >= 11 is 6.09. The third kappa shape index (κ3) is 3.83. The summed E-state index contributed by atoms with van der Waals surface area (Å²) in [6, 6.07) is 7.79. The number of halogens is 1. The van der Waals surface area contributed by atoms with Gasteiger partial charge in [-0.15, -0.1) is 0 Å². The van der Waals surface area contributed by atoms with E-state index in [0.29, 0.717) is 16.3 Å². The molecule has 2 rings (SSSR count). The second-order valence-corrected chi connectivity index (χ2v) is 6.01. The van der Waals surface area contributed by atoms with E-state index in [1.165, 1.54) is 0 Å². The number of carbonyl (C=O) groups excluding carboxylic acids is 1. The van der Waals surface area contributed by atoms with E-state index in [1.807, 2.05) is 18.2 Å². The maximum absolute atomic E-state index is 11.9. The van der Waals surface area contributed by atoms with Crippen molar-refractivity contribution in [1.82, 2.24) is 5.16 Å². The molecule has 0 radical (unpaired) electrons. The van der Waals surface area contributed by atoms with Gasteiger partial charge in [0.25, 0.3) is 0 Å². The van der Waals surface area contributed by atoms with Crippen LogP contribution < -0.4 is 5.73 Å². The second-order valence-electron chi connectivity index (χ2n) is 5.61. The smallest absolute Gasteiger partial charge is 0.331 e. The van der Waals surface area contributed by atoms with Gasteiger partial charge in [-0.25, -0.2) is 4.79 Å². The van der Waals surface area contributed by atoms with Gasteiger partial charge >= 0.3 is 5.97 Å². The van der Waals surface area contributed by atoms with Crippen LogP contribution in [-0.4, -0.2) is 16.7 Å². The van der Waals surface area contributed by atoms with Crippen molar-refractivity contribution in [3.05, 3.63) is 41.1 Å².